The van der Waals surface area contributed by atoms with E-state index in [0.29, 0.717) is 6.61 Å². The Morgan fingerprint density at radius 2 is 1.92 bits per heavy atom. The van der Waals surface area contributed by atoms with E-state index in [1.54, 1.807) is 0 Å². The lowest BCUT2D eigenvalue weighted by Gasteiger charge is -2.30. The van der Waals surface area contributed by atoms with Gasteiger partial charge in [-0.05, 0) is 30.4 Å². The molecule has 2 saturated carbocycles. The third-order valence-corrected chi connectivity index (χ3v) is 5.92. The molecule has 3 nitrogen and oxygen atoms in total. The van der Waals surface area contributed by atoms with E-state index in [9.17, 15) is 13.6 Å². The largest absolute Gasteiger partial charge is 0.493 e. The topological polar surface area (TPSA) is 38.3 Å². The number of halogens is 2. The Bertz CT molecular complexity index is 615. The van der Waals surface area contributed by atoms with Gasteiger partial charge < -0.3 is 10.1 Å². The third kappa shape index (κ3) is 2.78. The first-order valence-electron chi connectivity index (χ1n) is 8.97. The van der Waals surface area contributed by atoms with Crippen molar-refractivity contribution in [2.45, 2.75) is 50.5 Å². The quantitative estimate of drug-likeness (QED) is 0.910. The number of alkyl halides is 2. The van der Waals surface area contributed by atoms with E-state index in [4.69, 9.17) is 4.74 Å². The van der Waals surface area contributed by atoms with E-state index in [2.05, 4.69) is 5.32 Å². The molecule has 1 aromatic carbocycles. The summed E-state index contributed by atoms with van der Waals surface area (Å²) in [7, 11) is 0. The Kier molecular flexibility index (Phi) is 4.19. The highest BCUT2D eigenvalue weighted by atomic mass is 19.3. The molecule has 3 unspecified atom stereocenters. The Morgan fingerprint density at radius 3 is 2.67 bits per heavy atom. The number of carbonyl (C=O) groups is 1. The van der Waals surface area contributed by atoms with Crippen LogP contribution < -0.4 is 10.1 Å². The minimum Gasteiger partial charge on any atom is -0.493 e. The number of fused-ring (bicyclic) bond motifs is 3. The van der Waals surface area contributed by atoms with Crippen molar-refractivity contribution in [2.75, 3.05) is 6.61 Å². The molecule has 0 radical (unpaired) electrons. The van der Waals surface area contributed by atoms with Crippen molar-refractivity contribution in [3.05, 3.63) is 29.8 Å². The smallest absolute Gasteiger partial charge is 0.258 e. The molecule has 5 heteroatoms. The number of ether oxygens (including phenoxy) is 1. The van der Waals surface area contributed by atoms with E-state index < -0.39 is 12.5 Å². The molecule has 3 aliphatic rings. The fourth-order valence-electron chi connectivity index (χ4n) is 4.58. The van der Waals surface area contributed by atoms with Crippen molar-refractivity contribution in [3.8, 4) is 5.75 Å². The number of benzene rings is 1. The molecule has 2 aliphatic carbocycles. The number of carbonyl (C=O) groups excluding carboxylic acids is 1. The number of hydrogen-bond acceptors (Lipinski definition) is 2. The van der Waals surface area contributed by atoms with Crippen LogP contribution in [0.4, 0.5) is 8.78 Å². The minimum absolute atomic E-state index is 0.0907. The lowest BCUT2D eigenvalue weighted by molar-refractivity contribution is -0.125. The molecule has 130 valence electrons. The monoisotopic (exact) mass is 335 g/mol. The summed E-state index contributed by atoms with van der Waals surface area (Å²) in [5.41, 5.74) is 1.04. The van der Waals surface area contributed by atoms with Crippen LogP contribution in [-0.4, -0.2) is 25.0 Å². The van der Waals surface area contributed by atoms with Gasteiger partial charge in [-0.3, -0.25) is 4.79 Å². The Hall–Kier alpha value is -1.65. The molecule has 4 rings (SSSR count). The van der Waals surface area contributed by atoms with Crippen molar-refractivity contribution in [1.82, 2.24) is 5.32 Å². The second-order valence-corrected chi connectivity index (χ2v) is 7.33. The highest BCUT2D eigenvalue weighted by Crippen LogP contribution is 2.59. The maximum Gasteiger partial charge on any atom is 0.258 e. The van der Waals surface area contributed by atoms with Crippen molar-refractivity contribution in [2.24, 2.45) is 17.8 Å². The molecular formula is C19H23F2NO2. The third-order valence-electron chi connectivity index (χ3n) is 5.92. The van der Waals surface area contributed by atoms with E-state index in [1.165, 1.54) is 0 Å². The van der Waals surface area contributed by atoms with Crippen LogP contribution in [0.5, 0.6) is 5.75 Å². The zero-order chi connectivity index (χ0) is 16.7. The van der Waals surface area contributed by atoms with Gasteiger partial charge in [-0.1, -0.05) is 37.5 Å². The molecule has 1 N–H and O–H groups in total. The summed E-state index contributed by atoms with van der Waals surface area (Å²) in [5, 5.41) is 2.69. The maximum atomic E-state index is 13.5. The maximum absolute atomic E-state index is 13.5. The van der Waals surface area contributed by atoms with Crippen LogP contribution in [0, 0.1) is 17.8 Å². The van der Waals surface area contributed by atoms with Gasteiger partial charge in [0.05, 0.1) is 18.6 Å². The fraction of sp³-hybridized carbons (Fsp3) is 0.632. The summed E-state index contributed by atoms with van der Waals surface area (Å²) in [6.07, 6.45) is 2.17. The molecule has 4 atom stereocenters. The van der Waals surface area contributed by atoms with Crippen LogP contribution in [0.25, 0.3) is 0 Å². The summed E-state index contributed by atoms with van der Waals surface area (Å²) in [6, 6.07) is 6.72. The van der Waals surface area contributed by atoms with Crippen molar-refractivity contribution >= 4 is 5.91 Å². The molecule has 1 aromatic rings. The van der Waals surface area contributed by atoms with Gasteiger partial charge in [0.2, 0.25) is 5.91 Å². The lowest BCUT2D eigenvalue weighted by Crippen LogP contribution is -2.46. The Balaban J connectivity index is 1.45. The van der Waals surface area contributed by atoms with E-state index in [0.717, 1.165) is 43.4 Å². The van der Waals surface area contributed by atoms with Crippen LogP contribution in [0.2, 0.25) is 0 Å². The molecule has 1 aliphatic heterocycles. The zero-order valence-corrected chi connectivity index (χ0v) is 13.6. The van der Waals surface area contributed by atoms with Gasteiger partial charge in [0, 0.05) is 11.8 Å². The Morgan fingerprint density at radius 1 is 1.17 bits per heavy atom. The highest BCUT2D eigenvalue weighted by molar-refractivity contribution is 5.84. The standard InChI is InChI=1S/C19H23F2NO2/c20-18(21)17(11-6-2-1-3-7-11)22-19(23)16-13-10-24-14-9-5-4-8-12(14)15(13)16/h4-5,8-9,11,13,15-18H,1-3,6-7,10H2,(H,22,23)/t13?,15?,16?,17-/m1/s1. The van der Waals surface area contributed by atoms with Gasteiger partial charge in [-0.25, -0.2) is 8.78 Å². The molecule has 0 aromatic heterocycles. The summed E-state index contributed by atoms with van der Waals surface area (Å²) >= 11 is 0. The summed E-state index contributed by atoms with van der Waals surface area (Å²) < 4.78 is 32.7. The molecular weight excluding hydrogens is 312 g/mol. The molecule has 0 saturated heterocycles. The molecule has 1 amide bonds. The first-order valence-corrected chi connectivity index (χ1v) is 8.97. The minimum atomic E-state index is -2.50. The van der Waals surface area contributed by atoms with E-state index >= 15 is 0 Å². The van der Waals surface area contributed by atoms with Crippen LogP contribution >= 0.6 is 0 Å². The van der Waals surface area contributed by atoms with Crippen LogP contribution in [-0.2, 0) is 4.79 Å². The van der Waals surface area contributed by atoms with Gasteiger partial charge >= 0.3 is 0 Å². The highest BCUT2D eigenvalue weighted by Gasteiger charge is 2.59. The molecule has 0 spiro atoms. The predicted octanol–water partition coefficient (Wildman–Crippen LogP) is 3.74. The average molecular weight is 335 g/mol. The average Bonchev–Trinajstić information content (AvgIpc) is 3.35. The van der Waals surface area contributed by atoms with E-state index in [1.807, 2.05) is 24.3 Å². The first-order chi connectivity index (χ1) is 11.7. The van der Waals surface area contributed by atoms with Gasteiger partial charge in [-0.2, -0.15) is 0 Å². The van der Waals surface area contributed by atoms with E-state index in [-0.39, 0.29) is 29.6 Å². The van der Waals surface area contributed by atoms with Crippen LogP contribution in [0.1, 0.15) is 43.6 Å². The second kappa shape index (κ2) is 6.34. The number of para-hydroxylation sites is 1. The number of rotatable bonds is 4. The molecule has 24 heavy (non-hydrogen) atoms. The zero-order valence-electron chi connectivity index (χ0n) is 13.6. The number of nitrogens with one attached hydrogen (secondary N) is 1. The predicted molar refractivity (Wildman–Crippen MR) is 86.2 cm³/mol. The van der Waals surface area contributed by atoms with Gasteiger partial charge in [-0.15, -0.1) is 0 Å². The van der Waals surface area contributed by atoms with Crippen LogP contribution in [0.3, 0.4) is 0 Å². The van der Waals surface area contributed by atoms with Gasteiger partial charge in [0.1, 0.15) is 5.75 Å². The molecule has 1 heterocycles. The Labute approximate surface area is 140 Å². The number of amides is 1. The SMILES string of the molecule is O=C(N[C@@H](C(F)F)C1CCCCC1)C1C2COc3ccccc3C21. The second-order valence-electron chi connectivity index (χ2n) is 7.33. The summed E-state index contributed by atoms with van der Waals surface area (Å²) in [4.78, 5) is 12.6. The summed E-state index contributed by atoms with van der Waals surface area (Å²) in [6.45, 7) is 0.503. The first kappa shape index (κ1) is 15.9. The van der Waals surface area contributed by atoms with Gasteiger partial charge in [0.15, 0.2) is 0 Å². The lowest BCUT2D eigenvalue weighted by atomic mass is 9.84. The van der Waals surface area contributed by atoms with Crippen LogP contribution in [0.15, 0.2) is 24.3 Å². The fourth-order valence-corrected chi connectivity index (χ4v) is 4.58. The molecule has 0 bridgehead atoms. The summed E-state index contributed by atoms with van der Waals surface area (Å²) in [5.74, 6) is 0.544. The van der Waals surface area contributed by atoms with Crippen molar-refractivity contribution < 1.29 is 18.3 Å². The van der Waals surface area contributed by atoms with Crippen molar-refractivity contribution in [3.63, 3.8) is 0 Å². The molecule has 2 fully saturated rings. The number of hydrogen-bond donors (Lipinski definition) is 1. The van der Waals surface area contributed by atoms with Crippen molar-refractivity contribution in [1.29, 1.82) is 0 Å². The normalized spacial score (nSPS) is 30.0. The van der Waals surface area contributed by atoms with Gasteiger partial charge in [0.25, 0.3) is 6.43 Å².